The minimum atomic E-state index is 0.226. The van der Waals surface area contributed by atoms with Crippen molar-refractivity contribution < 1.29 is 0 Å². The second kappa shape index (κ2) is 6.32. The lowest BCUT2D eigenvalue weighted by atomic mass is 10.0. The Morgan fingerprint density at radius 3 is 2.83 bits per heavy atom. The molecule has 94 valence electrons. The Morgan fingerprint density at radius 2 is 2.22 bits per heavy atom. The molecule has 1 unspecified atom stereocenters. The van der Waals surface area contributed by atoms with Crippen molar-refractivity contribution in [3.05, 3.63) is 63.3 Å². The third kappa shape index (κ3) is 3.55. The summed E-state index contributed by atoms with van der Waals surface area (Å²) in [6.45, 7) is 0. The molecule has 0 aliphatic rings. The third-order valence-electron chi connectivity index (χ3n) is 2.80. The maximum atomic E-state index is 6.08. The lowest BCUT2D eigenvalue weighted by Crippen LogP contribution is -2.18. The Bertz CT molecular complexity index is 496. The zero-order chi connectivity index (χ0) is 13.0. The van der Waals surface area contributed by atoms with E-state index in [4.69, 9.17) is 11.6 Å². The molecule has 0 spiro atoms. The number of likely N-dealkylation sites (N-methyl/N-ethyl adjacent to an activating group) is 1. The first-order valence-corrected chi connectivity index (χ1v) is 6.88. The molecule has 1 atom stereocenters. The van der Waals surface area contributed by atoms with Gasteiger partial charge in [0.15, 0.2) is 0 Å². The van der Waals surface area contributed by atoms with Crippen LogP contribution in [0, 0.1) is 0 Å². The monoisotopic (exact) mass is 324 g/mol. The summed E-state index contributed by atoms with van der Waals surface area (Å²) in [5.41, 5.74) is 2.37. The van der Waals surface area contributed by atoms with Gasteiger partial charge in [-0.2, -0.15) is 0 Å². The van der Waals surface area contributed by atoms with Gasteiger partial charge in [-0.3, -0.25) is 4.98 Å². The van der Waals surface area contributed by atoms with E-state index in [1.165, 1.54) is 11.1 Å². The number of nitrogens with one attached hydrogen (secondary N) is 1. The lowest BCUT2D eigenvalue weighted by Gasteiger charge is -2.17. The average molecular weight is 326 g/mol. The highest BCUT2D eigenvalue weighted by Crippen LogP contribution is 2.25. The first-order chi connectivity index (χ1) is 8.69. The van der Waals surface area contributed by atoms with Crippen LogP contribution >= 0.6 is 27.5 Å². The average Bonchev–Trinajstić information content (AvgIpc) is 2.36. The summed E-state index contributed by atoms with van der Waals surface area (Å²) in [6.07, 6.45) is 4.56. The molecule has 1 aromatic carbocycles. The van der Waals surface area contributed by atoms with Crippen LogP contribution in [-0.4, -0.2) is 12.0 Å². The van der Waals surface area contributed by atoms with Crippen LogP contribution in [0.25, 0.3) is 0 Å². The van der Waals surface area contributed by atoms with E-state index in [2.05, 4.69) is 38.4 Å². The van der Waals surface area contributed by atoms with Crippen molar-refractivity contribution in [2.75, 3.05) is 7.05 Å². The van der Waals surface area contributed by atoms with E-state index < -0.39 is 0 Å². The Labute approximate surface area is 121 Å². The van der Waals surface area contributed by atoms with Crippen molar-refractivity contribution in [2.45, 2.75) is 12.5 Å². The number of benzene rings is 1. The summed E-state index contributed by atoms with van der Waals surface area (Å²) < 4.78 is 0.997. The maximum Gasteiger partial charge on any atom is 0.0420 e. The van der Waals surface area contributed by atoms with E-state index in [1.807, 2.05) is 31.4 Å². The molecule has 0 saturated carbocycles. The first kappa shape index (κ1) is 13.5. The Hall–Kier alpha value is -0.900. The summed E-state index contributed by atoms with van der Waals surface area (Å²) in [4.78, 5) is 4.14. The van der Waals surface area contributed by atoms with E-state index in [1.54, 1.807) is 6.20 Å². The normalized spacial score (nSPS) is 12.4. The number of hydrogen-bond donors (Lipinski definition) is 1. The summed E-state index contributed by atoms with van der Waals surface area (Å²) >= 11 is 9.56. The molecule has 0 fully saturated rings. The number of nitrogens with zero attached hydrogens (tertiary/aromatic N) is 1. The van der Waals surface area contributed by atoms with Gasteiger partial charge in [0.1, 0.15) is 0 Å². The molecule has 0 saturated heterocycles. The van der Waals surface area contributed by atoms with E-state index in [0.29, 0.717) is 0 Å². The van der Waals surface area contributed by atoms with Crippen LogP contribution in [0.5, 0.6) is 0 Å². The van der Waals surface area contributed by atoms with Crippen molar-refractivity contribution in [1.29, 1.82) is 0 Å². The topological polar surface area (TPSA) is 24.9 Å². The summed E-state index contributed by atoms with van der Waals surface area (Å²) in [6, 6.07) is 10.2. The molecule has 1 N–H and O–H groups in total. The van der Waals surface area contributed by atoms with Crippen molar-refractivity contribution >= 4 is 27.5 Å². The lowest BCUT2D eigenvalue weighted by molar-refractivity contribution is 0.591. The molecule has 0 bridgehead atoms. The van der Waals surface area contributed by atoms with Crippen LogP contribution in [-0.2, 0) is 6.42 Å². The standard InChI is InChI=1S/C14H14BrClN2/c1-17-14(5-10-3-2-4-18-9-10)11-6-12(15)8-13(16)7-11/h2-4,6-9,14,17H,5H2,1H3. The van der Waals surface area contributed by atoms with Crippen LogP contribution in [0.4, 0.5) is 0 Å². The van der Waals surface area contributed by atoms with Crippen molar-refractivity contribution in [3.63, 3.8) is 0 Å². The maximum absolute atomic E-state index is 6.08. The van der Waals surface area contributed by atoms with Gasteiger partial charge in [-0.1, -0.05) is 33.6 Å². The Balaban J connectivity index is 2.23. The minimum absolute atomic E-state index is 0.226. The van der Waals surface area contributed by atoms with Gasteiger partial charge in [0, 0.05) is 27.9 Å². The van der Waals surface area contributed by atoms with Crippen LogP contribution in [0.1, 0.15) is 17.2 Å². The second-order valence-corrected chi connectivity index (χ2v) is 5.46. The molecule has 18 heavy (non-hydrogen) atoms. The smallest absolute Gasteiger partial charge is 0.0420 e. The predicted molar refractivity (Wildman–Crippen MR) is 78.9 cm³/mol. The highest BCUT2D eigenvalue weighted by Gasteiger charge is 2.11. The molecule has 0 amide bonds. The van der Waals surface area contributed by atoms with Crippen molar-refractivity contribution in [2.24, 2.45) is 0 Å². The third-order valence-corrected chi connectivity index (χ3v) is 3.47. The van der Waals surface area contributed by atoms with Crippen molar-refractivity contribution in [1.82, 2.24) is 10.3 Å². The SMILES string of the molecule is CNC(Cc1cccnc1)c1cc(Cl)cc(Br)c1. The van der Waals surface area contributed by atoms with Gasteiger partial charge in [0.05, 0.1) is 0 Å². The fourth-order valence-corrected chi connectivity index (χ4v) is 2.80. The highest BCUT2D eigenvalue weighted by molar-refractivity contribution is 9.10. The molecule has 0 aliphatic heterocycles. The van der Waals surface area contributed by atoms with Crippen LogP contribution in [0.15, 0.2) is 47.2 Å². The van der Waals surface area contributed by atoms with E-state index in [9.17, 15) is 0 Å². The molecule has 2 aromatic rings. The van der Waals surface area contributed by atoms with E-state index >= 15 is 0 Å². The largest absolute Gasteiger partial charge is 0.313 e. The van der Waals surface area contributed by atoms with Crippen LogP contribution in [0.3, 0.4) is 0 Å². The summed E-state index contributed by atoms with van der Waals surface area (Å²) in [5, 5.41) is 4.06. The molecular formula is C14H14BrClN2. The minimum Gasteiger partial charge on any atom is -0.313 e. The fraction of sp³-hybridized carbons (Fsp3) is 0.214. The predicted octanol–water partition coefficient (Wildman–Crippen LogP) is 4.00. The quantitative estimate of drug-likeness (QED) is 0.919. The zero-order valence-corrected chi connectivity index (χ0v) is 12.4. The molecule has 0 radical (unpaired) electrons. The van der Waals surface area contributed by atoms with Gasteiger partial charge >= 0.3 is 0 Å². The number of rotatable bonds is 4. The molecule has 1 heterocycles. The summed E-state index contributed by atoms with van der Waals surface area (Å²) in [7, 11) is 1.95. The first-order valence-electron chi connectivity index (χ1n) is 5.71. The van der Waals surface area contributed by atoms with Gasteiger partial charge in [-0.25, -0.2) is 0 Å². The highest BCUT2D eigenvalue weighted by atomic mass is 79.9. The van der Waals surface area contributed by atoms with Gasteiger partial charge in [0.25, 0.3) is 0 Å². The molecule has 0 aliphatic carbocycles. The molecule has 2 nitrogen and oxygen atoms in total. The van der Waals surface area contributed by atoms with E-state index in [0.717, 1.165) is 15.9 Å². The summed E-state index contributed by atoms with van der Waals surface area (Å²) in [5.74, 6) is 0. The van der Waals surface area contributed by atoms with Crippen molar-refractivity contribution in [3.8, 4) is 0 Å². The van der Waals surface area contributed by atoms with Gasteiger partial charge < -0.3 is 5.32 Å². The van der Waals surface area contributed by atoms with Gasteiger partial charge in [-0.15, -0.1) is 0 Å². The fourth-order valence-electron chi connectivity index (χ4n) is 1.92. The molecule has 1 aromatic heterocycles. The molecule has 2 rings (SSSR count). The van der Waals surface area contributed by atoms with Gasteiger partial charge in [0.2, 0.25) is 0 Å². The zero-order valence-electron chi connectivity index (χ0n) is 10.0. The number of halogens is 2. The number of hydrogen-bond acceptors (Lipinski definition) is 2. The second-order valence-electron chi connectivity index (χ2n) is 4.11. The number of aromatic nitrogens is 1. The van der Waals surface area contributed by atoms with E-state index in [-0.39, 0.29) is 6.04 Å². The number of pyridine rings is 1. The van der Waals surface area contributed by atoms with Crippen LogP contribution < -0.4 is 5.32 Å². The Morgan fingerprint density at radius 1 is 1.39 bits per heavy atom. The Kier molecular flexibility index (Phi) is 4.75. The molecule has 4 heteroatoms. The molecular weight excluding hydrogens is 312 g/mol. The van der Waals surface area contributed by atoms with Gasteiger partial charge in [-0.05, 0) is 48.9 Å². The van der Waals surface area contributed by atoms with Crippen LogP contribution in [0.2, 0.25) is 5.02 Å².